The maximum Gasteiger partial charge on any atom is 0.251 e. The molecule has 0 saturated carbocycles. The Morgan fingerprint density at radius 2 is 1.20 bits per heavy atom. The SMILES string of the molecule is O=C(NCCOCCOCCNc1nc(NCc2ccccc2)nc(NCc2cccc(F)c2)n1)c1ccccc1. The summed E-state index contributed by atoms with van der Waals surface area (Å²) in [7, 11) is 0. The van der Waals surface area contributed by atoms with Crippen LogP contribution in [0.25, 0.3) is 0 Å². The molecule has 214 valence electrons. The Labute approximate surface area is 238 Å². The van der Waals surface area contributed by atoms with Crippen LogP contribution in [0.15, 0.2) is 84.9 Å². The summed E-state index contributed by atoms with van der Waals surface area (Å²) in [5.41, 5.74) is 2.48. The van der Waals surface area contributed by atoms with Crippen LogP contribution < -0.4 is 21.3 Å². The number of nitrogens with one attached hydrogen (secondary N) is 4. The molecule has 10 nitrogen and oxygen atoms in total. The number of benzene rings is 3. The van der Waals surface area contributed by atoms with Crippen molar-refractivity contribution in [2.24, 2.45) is 0 Å². The number of aromatic nitrogens is 3. The molecule has 4 N–H and O–H groups in total. The minimum absolute atomic E-state index is 0.124. The molecule has 1 amide bonds. The Kier molecular flexibility index (Phi) is 11.8. The molecule has 1 heterocycles. The van der Waals surface area contributed by atoms with Gasteiger partial charge in [0.2, 0.25) is 17.8 Å². The highest BCUT2D eigenvalue weighted by molar-refractivity contribution is 5.94. The van der Waals surface area contributed by atoms with Crippen molar-refractivity contribution in [1.82, 2.24) is 20.3 Å². The molecule has 11 heteroatoms. The van der Waals surface area contributed by atoms with Crippen LogP contribution in [-0.4, -0.2) is 60.4 Å². The van der Waals surface area contributed by atoms with E-state index in [1.54, 1.807) is 18.2 Å². The highest BCUT2D eigenvalue weighted by Crippen LogP contribution is 2.13. The van der Waals surface area contributed by atoms with E-state index in [9.17, 15) is 9.18 Å². The van der Waals surface area contributed by atoms with E-state index in [0.29, 0.717) is 76.0 Å². The summed E-state index contributed by atoms with van der Waals surface area (Å²) in [6.07, 6.45) is 0. The quantitative estimate of drug-likeness (QED) is 0.142. The minimum Gasteiger partial charge on any atom is -0.377 e. The lowest BCUT2D eigenvalue weighted by Crippen LogP contribution is -2.27. The summed E-state index contributed by atoms with van der Waals surface area (Å²) in [6.45, 7) is 3.44. The fraction of sp³-hybridized carbons (Fsp3) is 0.267. The molecule has 0 unspecified atom stereocenters. The van der Waals surface area contributed by atoms with Crippen LogP contribution in [0.2, 0.25) is 0 Å². The Morgan fingerprint density at radius 3 is 1.85 bits per heavy atom. The normalized spacial score (nSPS) is 10.7. The van der Waals surface area contributed by atoms with Crippen LogP contribution in [0, 0.1) is 5.82 Å². The molecule has 4 aromatic rings. The molecule has 0 saturated heterocycles. The number of carbonyl (C=O) groups is 1. The molecule has 0 bridgehead atoms. The van der Waals surface area contributed by atoms with Crippen LogP contribution in [0.5, 0.6) is 0 Å². The summed E-state index contributed by atoms with van der Waals surface area (Å²) in [5.74, 6) is 0.720. The standard InChI is InChI=1S/C30H34FN7O3/c31-26-13-7-10-24(20-26)22-35-30-37-28(36-29(38-30)34-21-23-8-3-1-4-9-23)33-15-17-41-19-18-40-16-14-32-27(39)25-11-5-2-6-12-25/h1-13,20H,14-19,21-22H2,(H,32,39)(H3,33,34,35,36,37,38). The molecule has 1 aromatic heterocycles. The molecular weight excluding hydrogens is 525 g/mol. The van der Waals surface area contributed by atoms with E-state index in [1.807, 2.05) is 54.6 Å². The number of nitrogens with zero attached hydrogens (tertiary/aromatic N) is 3. The lowest BCUT2D eigenvalue weighted by atomic mass is 10.2. The molecule has 0 aliphatic carbocycles. The number of rotatable bonds is 17. The molecule has 0 spiro atoms. The van der Waals surface area contributed by atoms with Crippen LogP contribution in [0.1, 0.15) is 21.5 Å². The van der Waals surface area contributed by atoms with Gasteiger partial charge in [-0.15, -0.1) is 0 Å². The van der Waals surface area contributed by atoms with Gasteiger partial charge in [-0.25, -0.2) is 4.39 Å². The van der Waals surface area contributed by atoms with E-state index in [2.05, 4.69) is 36.2 Å². The number of halogens is 1. The van der Waals surface area contributed by atoms with Crippen LogP contribution >= 0.6 is 0 Å². The van der Waals surface area contributed by atoms with E-state index >= 15 is 0 Å². The van der Waals surface area contributed by atoms with Crippen molar-refractivity contribution < 1.29 is 18.7 Å². The Hall–Kier alpha value is -4.61. The number of ether oxygens (including phenoxy) is 2. The van der Waals surface area contributed by atoms with Gasteiger partial charge >= 0.3 is 0 Å². The van der Waals surface area contributed by atoms with E-state index in [4.69, 9.17) is 9.47 Å². The first-order valence-electron chi connectivity index (χ1n) is 13.4. The first-order chi connectivity index (χ1) is 20.2. The second-order valence-corrected chi connectivity index (χ2v) is 8.90. The van der Waals surface area contributed by atoms with Gasteiger partial charge in [-0.1, -0.05) is 60.7 Å². The molecule has 0 aliphatic heterocycles. The van der Waals surface area contributed by atoms with Gasteiger partial charge < -0.3 is 30.7 Å². The lowest BCUT2D eigenvalue weighted by molar-refractivity contribution is 0.0519. The predicted octanol–water partition coefficient (Wildman–Crippen LogP) is 4.11. The van der Waals surface area contributed by atoms with Crippen molar-refractivity contribution in [3.05, 3.63) is 107 Å². The lowest BCUT2D eigenvalue weighted by Gasteiger charge is -2.12. The highest BCUT2D eigenvalue weighted by Gasteiger charge is 2.08. The third-order valence-corrected chi connectivity index (χ3v) is 5.74. The van der Waals surface area contributed by atoms with Crippen molar-refractivity contribution in [3.63, 3.8) is 0 Å². The third kappa shape index (κ3) is 10.8. The molecule has 0 aliphatic rings. The second kappa shape index (κ2) is 16.5. The number of hydrogen-bond acceptors (Lipinski definition) is 9. The van der Waals surface area contributed by atoms with Crippen molar-refractivity contribution in [2.75, 3.05) is 55.5 Å². The van der Waals surface area contributed by atoms with Crippen molar-refractivity contribution in [2.45, 2.75) is 13.1 Å². The van der Waals surface area contributed by atoms with Crippen LogP contribution in [0.4, 0.5) is 22.2 Å². The van der Waals surface area contributed by atoms with Crippen molar-refractivity contribution in [1.29, 1.82) is 0 Å². The second-order valence-electron chi connectivity index (χ2n) is 8.90. The van der Waals surface area contributed by atoms with Crippen LogP contribution in [-0.2, 0) is 22.6 Å². The van der Waals surface area contributed by atoms with Gasteiger partial charge in [-0.3, -0.25) is 4.79 Å². The summed E-state index contributed by atoms with van der Waals surface area (Å²) in [6, 6.07) is 25.3. The topological polar surface area (TPSA) is 122 Å². The van der Waals surface area contributed by atoms with Gasteiger partial charge in [0.15, 0.2) is 0 Å². The van der Waals surface area contributed by atoms with Gasteiger partial charge in [-0.05, 0) is 35.4 Å². The zero-order valence-electron chi connectivity index (χ0n) is 22.7. The molecule has 0 atom stereocenters. The fourth-order valence-electron chi connectivity index (χ4n) is 3.70. The molecule has 0 radical (unpaired) electrons. The Bertz CT molecular complexity index is 1350. The van der Waals surface area contributed by atoms with Crippen LogP contribution in [0.3, 0.4) is 0 Å². The molecule has 4 rings (SSSR count). The van der Waals surface area contributed by atoms with E-state index in [1.165, 1.54) is 12.1 Å². The zero-order chi connectivity index (χ0) is 28.5. The first kappa shape index (κ1) is 29.4. The average Bonchev–Trinajstić information content (AvgIpc) is 3.01. The summed E-state index contributed by atoms with van der Waals surface area (Å²) in [5, 5.41) is 12.3. The van der Waals surface area contributed by atoms with Crippen molar-refractivity contribution >= 4 is 23.8 Å². The maximum absolute atomic E-state index is 13.6. The largest absolute Gasteiger partial charge is 0.377 e. The minimum atomic E-state index is -0.298. The van der Waals surface area contributed by atoms with E-state index in [0.717, 1.165) is 11.1 Å². The number of carbonyl (C=O) groups excluding carboxylic acids is 1. The van der Waals surface area contributed by atoms with Crippen molar-refractivity contribution in [3.8, 4) is 0 Å². The number of anilines is 3. The maximum atomic E-state index is 13.6. The predicted molar refractivity (Wildman–Crippen MR) is 156 cm³/mol. The zero-order valence-corrected chi connectivity index (χ0v) is 22.7. The number of amides is 1. The fourth-order valence-corrected chi connectivity index (χ4v) is 3.70. The Balaban J connectivity index is 1.18. The van der Waals surface area contributed by atoms with E-state index in [-0.39, 0.29) is 11.7 Å². The Morgan fingerprint density at radius 1 is 0.634 bits per heavy atom. The summed E-state index contributed by atoms with van der Waals surface area (Å²) >= 11 is 0. The highest BCUT2D eigenvalue weighted by atomic mass is 19.1. The first-order valence-corrected chi connectivity index (χ1v) is 13.4. The number of hydrogen-bond donors (Lipinski definition) is 4. The van der Waals surface area contributed by atoms with Gasteiger partial charge in [-0.2, -0.15) is 15.0 Å². The van der Waals surface area contributed by atoms with E-state index < -0.39 is 0 Å². The van der Waals surface area contributed by atoms with Gasteiger partial charge in [0.1, 0.15) is 5.82 Å². The van der Waals surface area contributed by atoms with Gasteiger partial charge in [0, 0.05) is 31.7 Å². The average molecular weight is 560 g/mol. The summed E-state index contributed by atoms with van der Waals surface area (Å²) < 4.78 is 24.7. The molecule has 3 aromatic carbocycles. The van der Waals surface area contributed by atoms with Gasteiger partial charge in [0.05, 0.1) is 26.4 Å². The smallest absolute Gasteiger partial charge is 0.251 e. The molecule has 0 fully saturated rings. The third-order valence-electron chi connectivity index (χ3n) is 5.74. The van der Waals surface area contributed by atoms with Gasteiger partial charge in [0.25, 0.3) is 5.91 Å². The molecular formula is C30H34FN7O3. The summed E-state index contributed by atoms with van der Waals surface area (Å²) in [4.78, 5) is 25.3. The molecule has 41 heavy (non-hydrogen) atoms. The monoisotopic (exact) mass is 559 g/mol.